The number of halogens is 2. The summed E-state index contributed by atoms with van der Waals surface area (Å²) >= 11 is 9.55. The van der Waals surface area contributed by atoms with E-state index in [4.69, 9.17) is 11.6 Å². The lowest BCUT2D eigenvalue weighted by Crippen LogP contribution is -2.28. The molecule has 6 rings (SSSR count). The largest absolute Gasteiger partial charge is 0.316 e. The van der Waals surface area contributed by atoms with Gasteiger partial charge in [0.2, 0.25) is 0 Å². The number of benzene rings is 3. The van der Waals surface area contributed by atoms with Gasteiger partial charge in [0.25, 0.3) is 0 Å². The molecule has 0 aliphatic carbocycles. The molecule has 0 saturated carbocycles. The topological polar surface area (TPSA) is 78.5 Å². The highest BCUT2D eigenvalue weighted by atomic mass is 35.5. The van der Waals surface area contributed by atoms with Crippen molar-refractivity contribution in [3.63, 3.8) is 0 Å². The number of nitroso groups, excluding NO2 is 1. The van der Waals surface area contributed by atoms with Crippen LogP contribution in [0.15, 0.2) is 77.3 Å². The molecule has 1 fully saturated rings. The highest BCUT2D eigenvalue weighted by Crippen LogP contribution is 2.47. The van der Waals surface area contributed by atoms with Crippen LogP contribution in [0.2, 0.25) is 5.02 Å². The van der Waals surface area contributed by atoms with Gasteiger partial charge in [0, 0.05) is 68.6 Å². The zero-order chi connectivity index (χ0) is 29.4. The zero-order valence-corrected chi connectivity index (χ0v) is 24.9. The van der Waals surface area contributed by atoms with Crippen molar-refractivity contribution < 1.29 is 9.18 Å². The predicted octanol–water partition coefficient (Wildman–Crippen LogP) is 9.42. The number of thiophene rings is 1. The molecule has 0 radical (unpaired) electrons. The van der Waals surface area contributed by atoms with Gasteiger partial charge in [-0.3, -0.25) is 8.77 Å². The van der Waals surface area contributed by atoms with Crippen LogP contribution in [0, 0.1) is 28.0 Å². The highest BCUT2D eigenvalue weighted by molar-refractivity contribution is 7.95. The molecule has 0 atom stereocenters. The van der Waals surface area contributed by atoms with E-state index in [0.29, 0.717) is 21.4 Å². The third kappa shape index (κ3) is 5.27. The van der Waals surface area contributed by atoms with Gasteiger partial charge in [0.15, 0.2) is 0 Å². The molecule has 0 unspecified atom stereocenters. The summed E-state index contributed by atoms with van der Waals surface area (Å²) in [6, 6.07) is 21.5. The third-order valence-electron chi connectivity index (χ3n) is 7.61. The minimum absolute atomic E-state index is 0.119. The maximum absolute atomic E-state index is 14.8. The van der Waals surface area contributed by atoms with E-state index in [9.17, 15) is 19.4 Å². The van der Waals surface area contributed by atoms with Crippen molar-refractivity contribution in [1.29, 1.82) is 5.26 Å². The van der Waals surface area contributed by atoms with E-state index < -0.39 is 5.91 Å². The van der Waals surface area contributed by atoms with Crippen LogP contribution < -0.4 is 0 Å². The van der Waals surface area contributed by atoms with Crippen LogP contribution in [0.5, 0.6) is 0 Å². The first-order valence-corrected chi connectivity index (χ1v) is 15.4. The summed E-state index contributed by atoms with van der Waals surface area (Å²) in [5, 5.41) is 15.4. The summed E-state index contributed by atoms with van der Waals surface area (Å²) in [6.07, 6.45) is 2.19. The van der Waals surface area contributed by atoms with E-state index >= 15 is 0 Å². The van der Waals surface area contributed by atoms with E-state index in [2.05, 4.69) is 26.4 Å². The van der Waals surface area contributed by atoms with Crippen molar-refractivity contribution in [2.45, 2.75) is 19.8 Å². The Hall–Kier alpha value is -3.81. The Balaban J connectivity index is 1.58. The number of nitriles is 1. The van der Waals surface area contributed by atoms with Crippen LogP contribution >= 0.6 is 35.1 Å². The average Bonchev–Trinajstić information content (AvgIpc) is 3.59. The average molecular weight is 615 g/mol. The predicted molar refractivity (Wildman–Crippen MR) is 169 cm³/mol. The van der Waals surface area contributed by atoms with Gasteiger partial charge in [0.05, 0.1) is 11.2 Å². The molecule has 0 spiro atoms. The summed E-state index contributed by atoms with van der Waals surface area (Å²) in [6.45, 7) is 4.13. The highest BCUT2D eigenvalue weighted by Gasteiger charge is 2.26. The van der Waals surface area contributed by atoms with Gasteiger partial charge in [-0.25, -0.2) is 8.70 Å². The summed E-state index contributed by atoms with van der Waals surface area (Å²) < 4.78 is 19.3. The molecule has 2 aromatic heterocycles. The number of hydrogen-bond acceptors (Lipinski definition) is 6. The summed E-state index contributed by atoms with van der Waals surface area (Å²) in [5.41, 5.74) is 5.71. The second-order valence-corrected chi connectivity index (χ2v) is 12.7. The van der Waals surface area contributed by atoms with Gasteiger partial charge < -0.3 is 0 Å². The first-order valence-electron chi connectivity index (χ1n) is 13.4. The lowest BCUT2D eigenvalue weighted by Gasteiger charge is -2.29. The lowest BCUT2D eigenvalue weighted by molar-refractivity contribution is 0.100. The van der Waals surface area contributed by atoms with Gasteiger partial charge in [-0.05, 0) is 72.2 Å². The molecule has 210 valence electrons. The van der Waals surface area contributed by atoms with Crippen LogP contribution in [0.1, 0.15) is 35.0 Å². The van der Waals surface area contributed by atoms with Crippen molar-refractivity contribution in [2.24, 2.45) is 11.1 Å². The van der Waals surface area contributed by atoms with Crippen LogP contribution in [-0.4, -0.2) is 27.3 Å². The quantitative estimate of drug-likeness (QED) is 0.141. The van der Waals surface area contributed by atoms with Gasteiger partial charge in [0.1, 0.15) is 16.8 Å². The molecular formula is C32H24ClFN4O2S2. The van der Waals surface area contributed by atoms with E-state index in [1.807, 2.05) is 35.7 Å². The maximum atomic E-state index is 14.8. The molecule has 5 aromatic rings. The number of aromatic nitrogens is 1. The number of fused-ring (bicyclic) bond motifs is 1. The van der Waals surface area contributed by atoms with Crippen LogP contribution in [0.25, 0.3) is 44.4 Å². The maximum Gasteiger partial charge on any atom is 0.316 e. The lowest BCUT2D eigenvalue weighted by atomic mass is 9.96. The molecule has 0 N–H and O–H groups in total. The summed E-state index contributed by atoms with van der Waals surface area (Å²) in [5.74, 6) is -0.563. The molecular weight excluding hydrogens is 591 g/mol. The van der Waals surface area contributed by atoms with Crippen LogP contribution in [0.3, 0.4) is 0 Å². The molecule has 42 heavy (non-hydrogen) atoms. The monoisotopic (exact) mass is 614 g/mol. The number of carbonyl (C=O) groups excluding carboxylic acids is 1. The number of carbonyl (C=O) groups is 1. The van der Waals surface area contributed by atoms with Gasteiger partial charge in [-0.2, -0.15) is 5.26 Å². The Morgan fingerprint density at radius 3 is 2.60 bits per heavy atom. The SMILES string of the molecule is CC1CCN(Sn2c(-c3cccc(-c4ccc(C(=O)N=O)cc4Cl)c3)c(-c3ccsc3C#N)c3cc(F)ccc32)CC1. The fourth-order valence-electron chi connectivity index (χ4n) is 5.40. The molecule has 0 bridgehead atoms. The molecule has 3 heterocycles. The second kappa shape index (κ2) is 11.8. The van der Waals surface area contributed by atoms with E-state index in [1.54, 1.807) is 30.3 Å². The Morgan fingerprint density at radius 1 is 1.07 bits per heavy atom. The zero-order valence-electron chi connectivity index (χ0n) is 22.5. The smallest absolute Gasteiger partial charge is 0.270 e. The van der Waals surface area contributed by atoms with Crippen molar-refractivity contribution >= 4 is 51.9 Å². The van der Waals surface area contributed by atoms with Crippen molar-refractivity contribution in [1.82, 2.24) is 8.28 Å². The van der Waals surface area contributed by atoms with E-state index in [-0.39, 0.29) is 11.4 Å². The number of rotatable bonds is 6. The number of hydrogen-bond donors (Lipinski definition) is 0. The van der Waals surface area contributed by atoms with Gasteiger partial charge in [-0.1, -0.05) is 42.8 Å². The molecule has 1 amide bonds. The molecule has 1 saturated heterocycles. The normalized spacial score (nSPS) is 14.2. The summed E-state index contributed by atoms with van der Waals surface area (Å²) in [7, 11) is 0. The first-order chi connectivity index (χ1) is 20.4. The Kier molecular flexibility index (Phi) is 7.97. The van der Waals surface area contributed by atoms with Gasteiger partial charge >= 0.3 is 5.91 Å². The first kappa shape index (κ1) is 28.3. The van der Waals surface area contributed by atoms with Crippen LogP contribution in [-0.2, 0) is 0 Å². The third-order valence-corrected chi connectivity index (χ3v) is 9.88. The van der Waals surface area contributed by atoms with Crippen molar-refractivity contribution in [3.8, 4) is 39.6 Å². The molecule has 6 nitrogen and oxygen atoms in total. The van der Waals surface area contributed by atoms with Crippen LogP contribution in [0.4, 0.5) is 4.39 Å². The summed E-state index contributed by atoms with van der Waals surface area (Å²) in [4.78, 5) is 23.1. The minimum Gasteiger partial charge on any atom is -0.270 e. The van der Waals surface area contributed by atoms with E-state index in [1.165, 1.54) is 29.5 Å². The number of nitrogens with zero attached hydrogens (tertiary/aromatic N) is 4. The minimum atomic E-state index is -0.883. The van der Waals surface area contributed by atoms with E-state index in [0.717, 1.165) is 64.8 Å². The molecule has 1 aliphatic rings. The fraction of sp³-hybridized carbons (Fsp3) is 0.188. The fourth-order valence-corrected chi connectivity index (χ4v) is 7.51. The number of amides is 1. The Bertz CT molecular complexity index is 1890. The molecule has 1 aliphatic heterocycles. The van der Waals surface area contributed by atoms with Crippen molar-refractivity contribution in [2.75, 3.05) is 13.1 Å². The Morgan fingerprint density at radius 2 is 1.86 bits per heavy atom. The standard InChI is InChI=1S/C32H24ClFN4O2S2/c1-19-9-12-37(13-10-19)42-38-28-8-6-23(34)17-26(28)30(25-11-14-41-29(25)18-35)31(38)21-4-2-3-20(15-21)24-7-5-22(16-27(24)33)32(39)36-40/h2-8,11,14-17,19H,9-10,12-13H2,1H3. The molecule has 3 aromatic carbocycles. The second-order valence-electron chi connectivity index (χ2n) is 10.3. The van der Waals surface area contributed by atoms with Crippen molar-refractivity contribution in [3.05, 3.63) is 98.3 Å². The number of piperidine rings is 1. The van der Waals surface area contributed by atoms with Gasteiger partial charge in [-0.15, -0.1) is 16.2 Å². The molecule has 10 heteroatoms. The Labute approximate surface area is 255 Å².